The van der Waals surface area contributed by atoms with Gasteiger partial charge in [0, 0.05) is 31.2 Å². The second-order valence-corrected chi connectivity index (χ2v) is 7.88. The predicted molar refractivity (Wildman–Crippen MR) is 107 cm³/mol. The summed E-state index contributed by atoms with van der Waals surface area (Å²) in [5.74, 6) is -0.926. The van der Waals surface area contributed by atoms with E-state index in [4.69, 9.17) is 27.9 Å². The number of rotatable bonds is 7. The molecule has 0 N–H and O–H groups in total. The molecule has 2 aromatic carbocycles. The summed E-state index contributed by atoms with van der Waals surface area (Å²) in [6, 6.07) is 7.73. The van der Waals surface area contributed by atoms with Crippen molar-refractivity contribution in [3.63, 3.8) is 0 Å². The van der Waals surface area contributed by atoms with Gasteiger partial charge >= 0.3 is 12.3 Å². The zero-order valence-corrected chi connectivity index (χ0v) is 17.8. The minimum absolute atomic E-state index is 0.0324. The fraction of sp³-hybridized carbons (Fsp3) is 0.368. The summed E-state index contributed by atoms with van der Waals surface area (Å²) in [4.78, 5) is 11.8. The van der Waals surface area contributed by atoms with Gasteiger partial charge in [0.15, 0.2) is 0 Å². The van der Waals surface area contributed by atoms with Crippen molar-refractivity contribution in [2.24, 2.45) is 0 Å². The largest absolute Gasteiger partial charge is 0.439 e. The maximum Gasteiger partial charge on any atom is 0.439 e. The van der Waals surface area contributed by atoms with Crippen molar-refractivity contribution in [1.29, 1.82) is 0 Å². The van der Waals surface area contributed by atoms with Gasteiger partial charge in [-0.2, -0.15) is 22.0 Å². The van der Waals surface area contributed by atoms with Crippen molar-refractivity contribution >= 4 is 34.6 Å². The molecule has 6 nitrogen and oxygen atoms in total. The number of halogens is 8. The number of anilines is 1. The van der Waals surface area contributed by atoms with Gasteiger partial charge in [0.25, 0.3) is 11.9 Å². The van der Waals surface area contributed by atoms with E-state index >= 15 is 0 Å². The van der Waals surface area contributed by atoms with Gasteiger partial charge < -0.3 is 14.4 Å². The summed E-state index contributed by atoms with van der Waals surface area (Å²) in [5.41, 5.74) is 0.945. The van der Waals surface area contributed by atoms with Gasteiger partial charge in [0.1, 0.15) is 12.5 Å². The van der Waals surface area contributed by atoms with Crippen molar-refractivity contribution in [2.45, 2.75) is 31.0 Å². The average Bonchev–Trinajstić information content (AvgIpc) is 3.17. The Balaban J connectivity index is 1.69. The quantitative estimate of drug-likeness (QED) is 0.249. The lowest BCUT2D eigenvalue weighted by atomic mass is 10.1. The molecule has 2 atom stereocenters. The lowest BCUT2D eigenvalue weighted by molar-refractivity contribution is -0.384. The topological polar surface area (TPSA) is 64.8 Å². The molecule has 1 aliphatic rings. The van der Waals surface area contributed by atoms with E-state index in [9.17, 15) is 36.5 Å². The Labute approximate surface area is 192 Å². The van der Waals surface area contributed by atoms with Crippen LogP contribution < -0.4 is 9.64 Å². The first-order chi connectivity index (χ1) is 15.3. The van der Waals surface area contributed by atoms with Crippen LogP contribution in [0.15, 0.2) is 36.4 Å². The van der Waals surface area contributed by atoms with Gasteiger partial charge in [-0.15, -0.1) is 0 Å². The summed E-state index contributed by atoms with van der Waals surface area (Å²) >= 11 is 11.9. The minimum Gasteiger partial charge on any atom is -0.428 e. The molecule has 1 fully saturated rings. The van der Waals surface area contributed by atoms with Gasteiger partial charge in [-0.25, -0.2) is 4.39 Å². The second-order valence-electron chi connectivity index (χ2n) is 7.07. The number of non-ortho nitro benzene ring substituents is 1. The van der Waals surface area contributed by atoms with Crippen molar-refractivity contribution in [1.82, 2.24) is 0 Å². The Hall–Kier alpha value is -2.44. The summed E-state index contributed by atoms with van der Waals surface area (Å²) in [6.07, 6.45) is -15.6. The monoisotopic (exact) mass is 518 g/mol. The number of nitro groups is 1. The van der Waals surface area contributed by atoms with E-state index in [0.29, 0.717) is 6.42 Å². The van der Waals surface area contributed by atoms with Crippen LogP contribution in [-0.4, -0.2) is 42.8 Å². The summed E-state index contributed by atoms with van der Waals surface area (Å²) in [6.45, 7) is 0.314. The molecule has 0 aliphatic carbocycles. The lowest BCUT2D eigenvalue weighted by Crippen LogP contribution is -2.45. The first-order valence-electron chi connectivity index (χ1n) is 9.14. The summed E-state index contributed by atoms with van der Waals surface area (Å²) < 4.78 is 86.6. The van der Waals surface area contributed by atoms with Crippen LogP contribution in [0.2, 0.25) is 10.0 Å². The van der Waals surface area contributed by atoms with E-state index in [1.807, 2.05) is 0 Å². The highest BCUT2D eigenvalue weighted by Crippen LogP contribution is 2.42. The number of ether oxygens (including phenoxy) is 2. The molecule has 0 aromatic heterocycles. The van der Waals surface area contributed by atoms with Crippen molar-refractivity contribution in [3.8, 4) is 5.75 Å². The van der Waals surface area contributed by atoms with Crippen LogP contribution in [-0.2, 0) is 11.2 Å². The third kappa shape index (κ3) is 5.92. The molecule has 0 bridgehead atoms. The number of nitro benzene ring substituents is 1. The van der Waals surface area contributed by atoms with E-state index in [-0.39, 0.29) is 35.8 Å². The fourth-order valence-corrected chi connectivity index (χ4v) is 3.55. The molecule has 33 heavy (non-hydrogen) atoms. The molecule has 0 spiro atoms. The van der Waals surface area contributed by atoms with Gasteiger partial charge in [-0.05, 0) is 11.6 Å². The molecule has 180 valence electrons. The summed E-state index contributed by atoms with van der Waals surface area (Å²) in [5, 5.41) is 10.0. The molecule has 1 aliphatic heterocycles. The number of benzene rings is 2. The van der Waals surface area contributed by atoms with Gasteiger partial charge in [0.2, 0.25) is 0 Å². The van der Waals surface area contributed by atoms with Crippen molar-refractivity contribution in [2.75, 3.05) is 18.2 Å². The van der Waals surface area contributed by atoms with E-state index < -0.39 is 34.2 Å². The van der Waals surface area contributed by atoms with E-state index in [1.165, 1.54) is 12.1 Å². The Morgan fingerprint density at radius 3 is 2.36 bits per heavy atom. The molecule has 14 heteroatoms. The van der Waals surface area contributed by atoms with E-state index in [2.05, 4.69) is 4.74 Å². The van der Waals surface area contributed by atoms with E-state index in [0.717, 1.165) is 17.7 Å². The zero-order chi connectivity index (χ0) is 24.6. The SMILES string of the molecule is O=[N+]([O-])c1ccc(CC2CN(c3cc(Cl)c(OC(F)(F)C(F)C(F)(F)F)cc3Cl)CO2)cc1. The molecule has 3 rings (SSSR count). The zero-order valence-electron chi connectivity index (χ0n) is 16.3. The van der Waals surface area contributed by atoms with Gasteiger partial charge in [-0.1, -0.05) is 35.3 Å². The average molecular weight is 519 g/mol. The third-order valence-electron chi connectivity index (χ3n) is 4.67. The number of hydrogen-bond acceptors (Lipinski definition) is 5. The highest BCUT2D eigenvalue weighted by atomic mass is 35.5. The van der Waals surface area contributed by atoms with E-state index in [1.54, 1.807) is 17.0 Å². The van der Waals surface area contributed by atoms with Crippen molar-refractivity contribution in [3.05, 3.63) is 62.1 Å². The normalized spacial score (nSPS) is 17.8. The predicted octanol–water partition coefficient (Wildman–Crippen LogP) is 6.18. The Kier molecular flexibility index (Phi) is 7.20. The molecular weight excluding hydrogens is 505 g/mol. The molecule has 1 saturated heterocycles. The number of nitrogens with zero attached hydrogens (tertiary/aromatic N) is 2. The first kappa shape index (κ1) is 25.2. The van der Waals surface area contributed by atoms with Crippen LogP contribution >= 0.6 is 23.2 Å². The highest BCUT2D eigenvalue weighted by Gasteiger charge is 2.59. The minimum atomic E-state index is -5.84. The third-order valence-corrected chi connectivity index (χ3v) is 5.27. The maximum atomic E-state index is 13.6. The Bertz CT molecular complexity index is 1020. The van der Waals surface area contributed by atoms with Gasteiger partial charge in [0.05, 0.1) is 26.8 Å². The fourth-order valence-electron chi connectivity index (χ4n) is 3.08. The molecule has 0 radical (unpaired) electrons. The van der Waals surface area contributed by atoms with Crippen molar-refractivity contribution < 1.29 is 40.7 Å². The Morgan fingerprint density at radius 2 is 1.79 bits per heavy atom. The van der Waals surface area contributed by atoms with Crippen LogP contribution in [0.4, 0.5) is 37.7 Å². The highest BCUT2D eigenvalue weighted by molar-refractivity contribution is 6.36. The molecule has 0 amide bonds. The van der Waals surface area contributed by atoms with Crippen LogP contribution in [0.1, 0.15) is 5.56 Å². The maximum absolute atomic E-state index is 13.6. The number of hydrogen-bond donors (Lipinski definition) is 0. The second kappa shape index (κ2) is 9.43. The van der Waals surface area contributed by atoms with Gasteiger partial charge in [-0.3, -0.25) is 10.1 Å². The number of alkyl halides is 6. The molecular formula is C19H14Cl2F6N2O4. The standard InChI is InChI=1S/C19H14Cl2F6N2O4/c20-13-7-16(33-19(26,27)17(22)18(23,24)25)14(21)6-15(13)28-8-12(32-9-28)5-10-1-3-11(4-2-10)29(30)31/h1-4,6-7,12,17H,5,8-9H2. The first-order valence-corrected chi connectivity index (χ1v) is 9.90. The van der Waals surface area contributed by atoms with Crippen LogP contribution in [0.3, 0.4) is 0 Å². The molecule has 2 unspecified atom stereocenters. The Morgan fingerprint density at radius 1 is 1.15 bits per heavy atom. The molecule has 0 saturated carbocycles. The molecule has 1 heterocycles. The lowest BCUT2D eigenvalue weighted by Gasteiger charge is -2.25. The smallest absolute Gasteiger partial charge is 0.428 e. The van der Waals surface area contributed by atoms with Crippen LogP contribution in [0.25, 0.3) is 0 Å². The van der Waals surface area contributed by atoms with Crippen LogP contribution in [0.5, 0.6) is 5.75 Å². The summed E-state index contributed by atoms with van der Waals surface area (Å²) in [7, 11) is 0. The molecule has 2 aromatic rings. The van der Waals surface area contributed by atoms with Crippen LogP contribution in [0, 0.1) is 10.1 Å².